The Kier molecular flexibility index (Phi) is 1.56. The lowest BCUT2D eigenvalue weighted by molar-refractivity contribution is -0.136. The lowest BCUT2D eigenvalue weighted by Gasteiger charge is -2.24. The lowest BCUT2D eigenvalue weighted by Crippen LogP contribution is -2.34. The van der Waals surface area contributed by atoms with Crippen LogP contribution in [0.25, 0.3) is 0 Å². The molecule has 0 aromatic heterocycles. The van der Waals surface area contributed by atoms with Gasteiger partial charge in [-0.2, -0.15) is 0 Å². The maximum atomic E-state index is 12.1. The van der Waals surface area contributed by atoms with Crippen LogP contribution in [0.5, 0.6) is 0 Å². The van der Waals surface area contributed by atoms with Crippen molar-refractivity contribution in [2.45, 2.75) is 18.7 Å². The third-order valence-corrected chi connectivity index (χ3v) is 4.03. The molecule has 1 amide bonds. The molecule has 0 spiro atoms. The monoisotopic (exact) mass is 215 g/mol. The maximum Gasteiger partial charge on any atom is 0.228 e. The normalized spacial score (nSPS) is 39.8. The van der Waals surface area contributed by atoms with E-state index in [2.05, 4.69) is 0 Å². The van der Waals surface area contributed by atoms with Crippen LogP contribution in [0.1, 0.15) is 18.2 Å². The highest BCUT2D eigenvalue weighted by molar-refractivity contribution is 5.86. The van der Waals surface area contributed by atoms with E-state index >= 15 is 0 Å². The molecule has 3 aliphatic rings. The first-order chi connectivity index (χ1) is 7.86. The van der Waals surface area contributed by atoms with Crippen LogP contribution in [0.3, 0.4) is 0 Å². The summed E-state index contributed by atoms with van der Waals surface area (Å²) in [6.07, 6.45) is 0.955. The average Bonchev–Trinajstić information content (AvgIpc) is 2.92. The van der Waals surface area contributed by atoms with Crippen molar-refractivity contribution in [3.05, 3.63) is 35.9 Å². The van der Waals surface area contributed by atoms with E-state index in [0.717, 1.165) is 12.0 Å². The van der Waals surface area contributed by atoms with Crippen molar-refractivity contribution < 1.29 is 9.53 Å². The summed E-state index contributed by atoms with van der Waals surface area (Å²) in [4.78, 5) is 14.0. The van der Waals surface area contributed by atoms with Gasteiger partial charge in [0.05, 0.1) is 12.6 Å². The van der Waals surface area contributed by atoms with Gasteiger partial charge >= 0.3 is 0 Å². The van der Waals surface area contributed by atoms with Gasteiger partial charge in [0, 0.05) is 11.5 Å². The van der Waals surface area contributed by atoms with Gasteiger partial charge in [-0.15, -0.1) is 0 Å². The molecule has 4 atom stereocenters. The summed E-state index contributed by atoms with van der Waals surface area (Å²) in [5, 5.41) is 0. The van der Waals surface area contributed by atoms with Crippen LogP contribution in [0, 0.1) is 11.8 Å². The molecule has 3 unspecified atom stereocenters. The first-order valence-corrected chi connectivity index (χ1v) is 5.85. The molecule has 3 heteroatoms. The fourth-order valence-electron chi connectivity index (χ4n) is 3.12. The SMILES string of the molecule is O=C1C2CC2[C@H]2COC(c3ccccc3)N12. The molecule has 82 valence electrons. The van der Waals surface area contributed by atoms with Gasteiger partial charge in [-0.05, 0) is 12.3 Å². The molecule has 2 saturated heterocycles. The number of carbonyl (C=O) groups excluding carboxylic acids is 1. The third-order valence-electron chi connectivity index (χ3n) is 4.03. The van der Waals surface area contributed by atoms with Gasteiger partial charge in [0.25, 0.3) is 0 Å². The summed E-state index contributed by atoms with van der Waals surface area (Å²) in [5.41, 5.74) is 1.10. The van der Waals surface area contributed by atoms with Crippen molar-refractivity contribution in [2.75, 3.05) is 6.61 Å². The number of carbonyl (C=O) groups is 1. The lowest BCUT2D eigenvalue weighted by atomic mass is 10.1. The van der Waals surface area contributed by atoms with Gasteiger partial charge in [0.1, 0.15) is 0 Å². The maximum absolute atomic E-state index is 12.1. The average molecular weight is 215 g/mol. The highest BCUT2D eigenvalue weighted by Crippen LogP contribution is 2.55. The Bertz CT molecular complexity index is 445. The molecule has 0 bridgehead atoms. The summed E-state index contributed by atoms with van der Waals surface area (Å²) in [6, 6.07) is 10.4. The van der Waals surface area contributed by atoms with Crippen molar-refractivity contribution in [3.8, 4) is 0 Å². The molecule has 2 aliphatic heterocycles. The summed E-state index contributed by atoms with van der Waals surface area (Å²) >= 11 is 0. The van der Waals surface area contributed by atoms with E-state index in [1.807, 2.05) is 35.2 Å². The number of hydrogen-bond acceptors (Lipinski definition) is 2. The highest BCUT2D eigenvalue weighted by Gasteiger charge is 2.62. The molecule has 1 saturated carbocycles. The first-order valence-electron chi connectivity index (χ1n) is 5.85. The minimum atomic E-state index is -0.133. The second-order valence-corrected chi connectivity index (χ2v) is 4.92. The molecule has 1 aromatic rings. The summed E-state index contributed by atoms with van der Waals surface area (Å²) in [5.74, 6) is 1.21. The number of rotatable bonds is 1. The number of ether oxygens (including phenoxy) is 1. The molecule has 4 rings (SSSR count). The van der Waals surface area contributed by atoms with Crippen molar-refractivity contribution >= 4 is 5.91 Å². The Morgan fingerprint density at radius 2 is 2.06 bits per heavy atom. The van der Waals surface area contributed by atoms with Crippen molar-refractivity contribution in [1.82, 2.24) is 4.90 Å². The van der Waals surface area contributed by atoms with Crippen molar-refractivity contribution in [2.24, 2.45) is 11.8 Å². The number of hydrogen-bond donors (Lipinski definition) is 0. The Morgan fingerprint density at radius 1 is 1.25 bits per heavy atom. The second-order valence-electron chi connectivity index (χ2n) is 4.92. The zero-order valence-electron chi connectivity index (χ0n) is 8.87. The van der Waals surface area contributed by atoms with Crippen LogP contribution in [-0.4, -0.2) is 23.5 Å². The summed E-state index contributed by atoms with van der Waals surface area (Å²) in [6.45, 7) is 0.715. The van der Waals surface area contributed by atoms with Crippen molar-refractivity contribution in [3.63, 3.8) is 0 Å². The van der Waals surface area contributed by atoms with Crippen molar-refractivity contribution in [1.29, 1.82) is 0 Å². The predicted molar refractivity (Wildman–Crippen MR) is 57.4 cm³/mol. The number of amides is 1. The Hall–Kier alpha value is -1.35. The second kappa shape index (κ2) is 2.86. The van der Waals surface area contributed by atoms with Gasteiger partial charge in [0.15, 0.2) is 6.23 Å². The van der Waals surface area contributed by atoms with Crippen LogP contribution >= 0.6 is 0 Å². The molecule has 2 heterocycles. The zero-order chi connectivity index (χ0) is 10.7. The van der Waals surface area contributed by atoms with Crippen LogP contribution in [0.2, 0.25) is 0 Å². The van der Waals surface area contributed by atoms with Crippen LogP contribution < -0.4 is 0 Å². The van der Waals surface area contributed by atoms with E-state index < -0.39 is 0 Å². The van der Waals surface area contributed by atoms with E-state index in [1.165, 1.54) is 0 Å². The molecule has 0 N–H and O–H groups in total. The fraction of sp³-hybridized carbons (Fsp3) is 0.462. The van der Waals surface area contributed by atoms with E-state index in [0.29, 0.717) is 30.4 Å². The number of benzene rings is 1. The number of fused-ring (bicyclic) bond motifs is 3. The quantitative estimate of drug-likeness (QED) is 0.711. The van der Waals surface area contributed by atoms with Gasteiger partial charge < -0.3 is 9.64 Å². The molecule has 1 aromatic carbocycles. The van der Waals surface area contributed by atoms with E-state index in [1.54, 1.807) is 0 Å². The topological polar surface area (TPSA) is 29.5 Å². The third kappa shape index (κ3) is 0.990. The zero-order valence-corrected chi connectivity index (χ0v) is 8.87. The Balaban J connectivity index is 1.70. The van der Waals surface area contributed by atoms with Gasteiger partial charge in [0.2, 0.25) is 5.91 Å². The largest absolute Gasteiger partial charge is 0.352 e. The summed E-state index contributed by atoms with van der Waals surface area (Å²) < 4.78 is 5.78. The van der Waals surface area contributed by atoms with E-state index in [4.69, 9.17) is 4.74 Å². The molecule has 3 nitrogen and oxygen atoms in total. The fourth-order valence-corrected chi connectivity index (χ4v) is 3.12. The first kappa shape index (κ1) is 8.76. The van der Waals surface area contributed by atoms with Gasteiger partial charge in [-0.3, -0.25) is 4.79 Å². The minimum absolute atomic E-state index is 0.133. The molecular weight excluding hydrogens is 202 g/mol. The van der Waals surface area contributed by atoms with E-state index in [9.17, 15) is 4.79 Å². The highest BCUT2D eigenvalue weighted by atomic mass is 16.5. The summed E-state index contributed by atoms with van der Waals surface area (Å²) in [7, 11) is 0. The predicted octanol–water partition coefficient (Wildman–Crippen LogP) is 1.56. The van der Waals surface area contributed by atoms with Gasteiger partial charge in [-0.25, -0.2) is 0 Å². The molecule has 16 heavy (non-hydrogen) atoms. The van der Waals surface area contributed by atoms with Crippen LogP contribution in [-0.2, 0) is 9.53 Å². The van der Waals surface area contributed by atoms with E-state index in [-0.39, 0.29) is 6.23 Å². The number of piperidine rings is 1. The number of nitrogens with zero attached hydrogens (tertiary/aromatic N) is 1. The standard InChI is InChI=1S/C13H13NO2/c15-12-10-6-9(10)11-7-16-13(14(11)12)8-4-2-1-3-5-8/h1-5,9-11,13H,6-7H2/t9?,10?,11-,13?/m1/s1. The molecule has 0 radical (unpaired) electrons. The minimum Gasteiger partial charge on any atom is -0.352 e. The van der Waals surface area contributed by atoms with Gasteiger partial charge in [-0.1, -0.05) is 30.3 Å². The molecular formula is C13H13NO2. The van der Waals surface area contributed by atoms with Crippen LogP contribution in [0.4, 0.5) is 0 Å². The molecule has 1 aliphatic carbocycles. The molecule has 3 fully saturated rings. The Morgan fingerprint density at radius 3 is 2.88 bits per heavy atom. The van der Waals surface area contributed by atoms with Crippen LogP contribution in [0.15, 0.2) is 30.3 Å². The Labute approximate surface area is 94.0 Å². The smallest absolute Gasteiger partial charge is 0.228 e.